The van der Waals surface area contributed by atoms with E-state index >= 15 is 0 Å². The van der Waals surface area contributed by atoms with Crippen LogP contribution in [0.4, 0.5) is 0 Å². The van der Waals surface area contributed by atoms with Gasteiger partial charge in [0.1, 0.15) is 18.3 Å². The van der Waals surface area contributed by atoms with E-state index in [-0.39, 0.29) is 12.7 Å². The summed E-state index contributed by atoms with van der Waals surface area (Å²) in [7, 11) is 0. The second-order valence-electron chi connectivity index (χ2n) is 6.37. The summed E-state index contributed by atoms with van der Waals surface area (Å²) in [5.41, 5.74) is 1.03. The zero-order valence-electron chi connectivity index (χ0n) is 13.3. The first-order chi connectivity index (χ1) is 11.3. The van der Waals surface area contributed by atoms with Crippen LogP contribution in [-0.2, 0) is 20.8 Å². The average molecular weight is 322 g/mol. The van der Waals surface area contributed by atoms with Crippen LogP contribution in [-0.4, -0.2) is 47.5 Å². The summed E-state index contributed by atoms with van der Waals surface area (Å²) < 4.78 is 17.6. The molecule has 2 aliphatic rings. The summed E-state index contributed by atoms with van der Waals surface area (Å²) in [6.45, 7) is 0.144. The van der Waals surface area contributed by atoms with Gasteiger partial charge in [-0.2, -0.15) is 0 Å². The Morgan fingerprint density at radius 2 is 1.83 bits per heavy atom. The van der Waals surface area contributed by atoms with Crippen LogP contribution in [0.2, 0.25) is 0 Å². The number of hydrogen-bond acceptors (Lipinski definition) is 5. The van der Waals surface area contributed by atoms with Crippen molar-refractivity contribution in [3.8, 4) is 0 Å². The lowest BCUT2D eigenvalue weighted by atomic mass is 9.98. The zero-order chi connectivity index (χ0) is 16.1. The van der Waals surface area contributed by atoms with Crippen LogP contribution >= 0.6 is 0 Å². The van der Waals surface area contributed by atoms with Crippen LogP contribution in [0, 0.1) is 0 Å². The number of hydrogen-bond donors (Lipinski definition) is 2. The van der Waals surface area contributed by atoms with Gasteiger partial charge in [0, 0.05) is 0 Å². The third-order valence-electron chi connectivity index (χ3n) is 4.64. The molecule has 1 aromatic carbocycles. The fourth-order valence-corrected chi connectivity index (χ4v) is 3.30. The molecule has 1 heterocycles. The SMILES string of the molecule is OC[C@H]1O[C@H](OC2CCCCC2)[C@@H](OCc2ccccc2)[C@@H]1O. The lowest BCUT2D eigenvalue weighted by Crippen LogP contribution is -2.38. The number of aliphatic hydroxyl groups is 2. The number of ether oxygens (including phenoxy) is 3. The van der Waals surface area contributed by atoms with Crippen molar-refractivity contribution < 1.29 is 24.4 Å². The molecule has 5 nitrogen and oxygen atoms in total. The Balaban J connectivity index is 1.60. The standard InChI is InChI=1S/C18H26O5/c19-11-15-16(20)17(21-12-13-7-3-1-4-8-13)18(23-15)22-14-9-5-2-6-10-14/h1,3-4,7-8,14-20H,2,5-6,9-12H2/t15-,16-,17+,18+/m1/s1. The van der Waals surface area contributed by atoms with Gasteiger partial charge in [-0.3, -0.25) is 0 Å². The largest absolute Gasteiger partial charge is 0.394 e. The van der Waals surface area contributed by atoms with Crippen molar-refractivity contribution in [2.45, 2.75) is 69.4 Å². The third-order valence-corrected chi connectivity index (χ3v) is 4.64. The number of rotatable bonds is 6. The van der Waals surface area contributed by atoms with Crippen molar-refractivity contribution >= 4 is 0 Å². The highest BCUT2D eigenvalue weighted by molar-refractivity contribution is 5.13. The van der Waals surface area contributed by atoms with E-state index in [1.807, 2.05) is 30.3 Å². The summed E-state index contributed by atoms with van der Waals surface area (Å²) in [6, 6.07) is 9.80. The van der Waals surface area contributed by atoms with Crippen LogP contribution < -0.4 is 0 Å². The topological polar surface area (TPSA) is 68.2 Å². The normalized spacial score (nSPS) is 32.3. The van der Waals surface area contributed by atoms with Crippen molar-refractivity contribution in [2.75, 3.05) is 6.61 Å². The predicted molar refractivity (Wildman–Crippen MR) is 84.7 cm³/mol. The van der Waals surface area contributed by atoms with E-state index in [0.717, 1.165) is 18.4 Å². The number of aliphatic hydroxyl groups excluding tert-OH is 2. The molecule has 0 radical (unpaired) electrons. The predicted octanol–water partition coefficient (Wildman–Crippen LogP) is 2.00. The maximum absolute atomic E-state index is 10.3. The highest BCUT2D eigenvalue weighted by Gasteiger charge is 2.45. The molecule has 0 unspecified atom stereocenters. The molecule has 1 saturated heterocycles. The van der Waals surface area contributed by atoms with Gasteiger partial charge in [0.15, 0.2) is 6.29 Å². The lowest BCUT2D eigenvalue weighted by molar-refractivity contribution is -0.209. The molecule has 0 spiro atoms. The van der Waals surface area contributed by atoms with Crippen LogP contribution in [0.1, 0.15) is 37.7 Å². The first-order valence-corrected chi connectivity index (χ1v) is 8.53. The van der Waals surface area contributed by atoms with Gasteiger partial charge in [0.05, 0.1) is 19.3 Å². The minimum absolute atomic E-state index is 0.154. The van der Waals surface area contributed by atoms with Crippen LogP contribution in [0.3, 0.4) is 0 Å². The molecule has 23 heavy (non-hydrogen) atoms. The summed E-state index contributed by atoms with van der Waals surface area (Å²) in [5, 5.41) is 19.7. The minimum atomic E-state index is -0.877. The van der Waals surface area contributed by atoms with Crippen LogP contribution in [0.5, 0.6) is 0 Å². The van der Waals surface area contributed by atoms with E-state index in [4.69, 9.17) is 14.2 Å². The summed E-state index contributed by atoms with van der Waals surface area (Å²) >= 11 is 0. The molecule has 128 valence electrons. The molecular weight excluding hydrogens is 296 g/mol. The second kappa shape index (κ2) is 8.22. The van der Waals surface area contributed by atoms with Crippen molar-refractivity contribution in [1.29, 1.82) is 0 Å². The van der Waals surface area contributed by atoms with E-state index in [0.29, 0.717) is 6.61 Å². The molecular formula is C18H26O5. The molecule has 1 aliphatic carbocycles. The molecule has 2 fully saturated rings. The zero-order valence-corrected chi connectivity index (χ0v) is 13.3. The molecule has 1 aromatic rings. The third kappa shape index (κ3) is 4.31. The Morgan fingerprint density at radius 3 is 2.52 bits per heavy atom. The highest BCUT2D eigenvalue weighted by Crippen LogP contribution is 2.30. The fourth-order valence-electron chi connectivity index (χ4n) is 3.30. The van der Waals surface area contributed by atoms with Gasteiger partial charge in [0.2, 0.25) is 0 Å². The maximum Gasteiger partial charge on any atom is 0.187 e. The van der Waals surface area contributed by atoms with Crippen molar-refractivity contribution in [3.63, 3.8) is 0 Å². The van der Waals surface area contributed by atoms with Crippen molar-refractivity contribution in [3.05, 3.63) is 35.9 Å². The molecule has 0 bridgehead atoms. The van der Waals surface area contributed by atoms with Gasteiger partial charge in [-0.15, -0.1) is 0 Å². The molecule has 4 atom stereocenters. The first kappa shape index (κ1) is 16.9. The monoisotopic (exact) mass is 322 g/mol. The van der Waals surface area contributed by atoms with Gasteiger partial charge in [-0.1, -0.05) is 49.6 Å². The minimum Gasteiger partial charge on any atom is -0.394 e. The Hall–Kier alpha value is -0.980. The van der Waals surface area contributed by atoms with Crippen LogP contribution in [0.15, 0.2) is 30.3 Å². The Labute approximate surface area is 137 Å². The second-order valence-corrected chi connectivity index (χ2v) is 6.37. The lowest BCUT2D eigenvalue weighted by Gasteiger charge is -2.28. The smallest absolute Gasteiger partial charge is 0.187 e. The first-order valence-electron chi connectivity index (χ1n) is 8.53. The van der Waals surface area contributed by atoms with Gasteiger partial charge >= 0.3 is 0 Å². The van der Waals surface area contributed by atoms with Gasteiger partial charge < -0.3 is 24.4 Å². The van der Waals surface area contributed by atoms with Gasteiger partial charge in [-0.05, 0) is 18.4 Å². The van der Waals surface area contributed by atoms with Gasteiger partial charge in [-0.25, -0.2) is 0 Å². The van der Waals surface area contributed by atoms with Crippen LogP contribution in [0.25, 0.3) is 0 Å². The van der Waals surface area contributed by atoms with E-state index in [1.54, 1.807) is 0 Å². The Bertz CT molecular complexity index is 460. The average Bonchev–Trinajstić information content (AvgIpc) is 2.90. The highest BCUT2D eigenvalue weighted by atomic mass is 16.7. The van der Waals surface area contributed by atoms with Crippen molar-refractivity contribution in [1.82, 2.24) is 0 Å². The Kier molecular flexibility index (Phi) is 6.02. The summed E-state index contributed by atoms with van der Waals surface area (Å²) in [4.78, 5) is 0. The van der Waals surface area contributed by atoms with E-state index < -0.39 is 24.6 Å². The van der Waals surface area contributed by atoms with E-state index in [2.05, 4.69) is 0 Å². The fraction of sp³-hybridized carbons (Fsp3) is 0.667. The summed E-state index contributed by atoms with van der Waals surface area (Å²) in [6.07, 6.45) is 3.06. The van der Waals surface area contributed by atoms with Gasteiger partial charge in [0.25, 0.3) is 0 Å². The molecule has 0 amide bonds. The Morgan fingerprint density at radius 1 is 1.09 bits per heavy atom. The number of benzene rings is 1. The molecule has 1 saturated carbocycles. The van der Waals surface area contributed by atoms with E-state index in [1.165, 1.54) is 19.3 Å². The molecule has 3 rings (SSSR count). The van der Waals surface area contributed by atoms with E-state index in [9.17, 15) is 10.2 Å². The summed E-state index contributed by atoms with van der Waals surface area (Å²) in [5.74, 6) is 0. The quantitative estimate of drug-likeness (QED) is 0.838. The molecule has 2 N–H and O–H groups in total. The molecule has 1 aliphatic heterocycles. The maximum atomic E-state index is 10.3. The molecule has 5 heteroatoms. The van der Waals surface area contributed by atoms with Crippen molar-refractivity contribution in [2.24, 2.45) is 0 Å². The molecule has 0 aromatic heterocycles.